The molecule has 0 aliphatic carbocycles. The Bertz CT molecular complexity index is 575. The van der Waals surface area contributed by atoms with Crippen molar-refractivity contribution in [2.75, 3.05) is 11.9 Å². The van der Waals surface area contributed by atoms with Crippen LogP contribution in [-0.2, 0) is 4.79 Å². The van der Waals surface area contributed by atoms with Crippen molar-refractivity contribution in [2.24, 2.45) is 0 Å². The molecule has 0 unspecified atom stereocenters. The minimum atomic E-state index is -0.407. The second kappa shape index (κ2) is 6.29. The smallest absolute Gasteiger partial charge is 0.262 e. The number of hydrogen-bond acceptors (Lipinski definition) is 3. The number of carbonyl (C=O) groups excluding carboxylic acids is 1. The number of nitrogens with zero attached hydrogens (tertiary/aromatic N) is 1. The molecule has 0 saturated heterocycles. The van der Waals surface area contributed by atoms with Gasteiger partial charge in [0, 0.05) is 5.69 Å². The van der Waals surface area contributed by atoms with Gasteiger partial charge in [-0.05, 0) is 46.3 Å². The Morgan fingerprint density at radius 3 is 2.89 bits per heavy atom. The summed E-state index contributed by atoms with van der Waals surface area (Å²) in [5.41, 5.74) is 0.391. The van der Waals surface area contributed by atoms with E-state index in [4.69, 9.17) is 4.74 Å². The summed E-state index contributed by atoms with van der Waals surface area (Å²) in [6.45, 7) is -0.167. The fraction of sp³-hybridized carbons (Fsp3) is 0.0769. The highest BCUT2D eigenvalue weighted by Gasteiger charge is 2.04. The van der Waals surface area contributed by atoms with E-state index in [0.29, 0.717) is 16.0 Å². The molecule has 1 N–H and O–H groups in total. The topological polar surface area (TPSA) is 51.2 Å². The lowest BCUT2D eigenvalue weighted by Crippen LogP contribution is -2.20. The van der Waals surface area contributed by atoms with E-state index in [9.17, 15) is 9.18 Å². The lowest BCUT2D eigenvalue weighted by Gasteiger charge is -2.07. The SMILES string of the molecule is O=C(COc1ccc(Br)nc1)Nc1cccc(F)c1. The van der Waals surface area contributed by atoms with Gasteiger partial charge in [0.25, 0.3) is 5.91 Å². The summed E-state index contributed by atoms with van der Waals surface area (Å²) in [7, 11) is 0. The summed E-state index contributed by atoms with van der Waals surface area (Å²) in [4.78, 5) is 15.5. The first-order chi connectivity index (χ1) is 9.13. The third-order valence-electron chi connectivity index (χ3n) is 2.18. The van der Waals surface area contributed by atoms with E-state index < -0.39 is 5.82 Å². The Labute approximate surface area is 117 Å². The van der Waals surface area contributed by atoms with Crippen LogP contribution < -0.4 is 10.1 Å². The molecule has 2 aromatic rings. The molecular weight excluding hydrogens is 315 g/mol. The normalized spacial score (nSPS) is 10.0. The maximum atomic E-state index is 12.9. The van der Waals surface area contributed by atoms with Crippen molar-refractivity contribution in [1.29, 1.82) is 0 Å². The summed E-state index contributed by atoms with van der Waals surface area (Å²) < 4.78 is 18.8. The number of benzene rings is 1. The average Bonchev–Trinajstić information content (AvgIpc) is 2.38. The minimum absolute atomic E-state index is 0.167. The lowest BCUT2D eigenvalue weighted by atomic mass is 10.3. The van der Waals surface area contributed by atoms with Crippen LogP contribution in [-0.4, -0.2) is 17.5 Å². The zero-order valence-electron chi connectivity index (χ0n) is 9.77. The number of hydrogen-bond donors (Lipinski definition) is 1. The number of carbonyl (C=O) groups is 1. The van der Waals surface area contributed by atoms with Crippen LogP contribution in [0.25, 0.3) is 0 Å². The van der Waals surface area contributed by atoms with Crippen LogP contribution in [0.2, 0.25) is 0 Å². The molecule has 19 heavy (non-hydrogen) atoms. The molecule has 2 rings (SSSR count). The van der Waals surface area contributed by atoms with E-state index in [1.165, 1.54) is 24.4 Å². The Balaban J connectivity index is 1.86. The highest BCUT2D eigenvalue weighted by atomic mass is 79.9. The first-order valence-electron chi connectivity index (χ1n) is 5.43. The van der Waals surface area contributed by atoms with Crippen molar-refractivity contribution >= 4 is 27.5 Å². The Hall–Kier alpha value is -1.95. The van der Waals surface area contributed by atoms with Crippen molar-refractivity contribution in [2.45, 2.75) is 0 Å². The van der Waals surface area contributed by atoms with Gasteiger partial charge in [0.15, 0.2) is 6.61 Å². The van der Waals surface area contributed by atoms with Crippen LogP contribution in [0, 0.1) is 5.82 Å². The standard InChI is InChI=1S/C13H10BrFN2O2/c14-12-5-4-11(7-16-12)19-8-13(18)17-10-3-1-2-9(15)6-10/h1-7H,8H2,(H,17,18). The van der Waals surface area contributed by atoms with Crippen molar-refractivity contribution in [1.82, 2.24) is 4.98 Å². The summed E-state index contributed by atoms with van der Waals surface area (Å²) in [6, 6.07) is 9.05. The van der Waals surface area contributed by atoms with Gasteiger partial charge in [-0.1, -0.05) is 6.07 Å². The molecule has 4 nitrogen and oxygen atoms in total. The average molecular weight is 325 g/mol. The fourth-order valence-electron chi connectivity index (χ4n) is 1.36. The number of amides is 1. The quantitative estimate of drug-likeness (QED) is 0.879. The molecule has 0 aliphatic rings. The van der Waals surface area contributed by atoms with Crippen LogP contribution >= 0.6 is 15.9 Å². The maximum absolute atomic E-state index is 12.9. The van der Waals surface area contributed by atoms with Crippen LogP contribution in [0.15, 0.2) is 47.2 Å². The largest absolute Gasteiger partial charge is 0.482 e. The Morgan fingerprint density at radius 2 is 2.21 bits per heavy atom. The molecule has 98 valence electrons. The van der Waals surface area contributed by atoms with Gasteiger partial charge < -0.3 is 10.1 Å². The van der Waals surface area contributed by atoms with Crippen molar-refractivity contribution in [3.63, 3.8) is 0 Å². The number of halogens is 2. The van der Waals surface area contributed by atoms with Crippen LogP contribution in [0.4, 0.5) is 10.1 Å². The van der Waals surface area contributed by atoms with Gasteiger partial charge in [0.05, 0.1) is 6.20 Å². The number of pyridine rings is 1. The Kier molecular flexibility index (Phi) is 4.46. The van der Waals surface area contributed by atoms with E-state index in [0.717, 1.165) is 0 Å². The van der Waals surface area contributed by atoms with Crippen molar-refractivity contribution < 1.29 is 13.9 Å². The molecule has 0 fully saturated rings. The summed E-state index contributed by atoms with van der Waals surface area (Å²) in [5.74, 6) is -0.290. The zero-order chi connectivity index (χ0) is 13.7. The molecule has 0 atom stereocenters. The van der Waals surface area contributed by atoms with Crippen molar-refractivity contribution in [3.05, 3.63) is 53.0 Å². The van der Waals surface area contributed by atoms with Gasteiger partial charge in [0.1, 0.15) is 16.2 Å². The van der Waals surface area contributed by atoms with E-state index in [1.807, 2.05) is 0 Å². The zero-order valence-corrected chi connectivity index (χ0v) is 11.4. The van der Waals surface area contributed by atoms with Gasteiger partial charge in [-0.25, -0.2) is 9.37 Å². The molecule has 1 amide bonds. The number of ether oxygens (including phenoxy) is 1. The third kappa shape index (κ3) is 4.33. The monoisotopic (exact) mass is 324 g/mol. The lowest BCUT2D eigenvalue weighted by molar-refractivity contribution is -0.118. The van der Waals surface area contributed by atoms with E-state index in [1.54, 1.807) is 18.2 Å². The highest BCUT2D eigenvalue weighted by molar-refractivity contribution is 9.10. The molecule has 1 aromatic heterocycles. The molecule has 0 radical (unpaired) electrons. The predicted octanol–water partition coefficient (Wildman–Crippen LogP) is 3.00. The van der Waals surface area contributed by atoms with Crippen LogP contribution in [0.5, 0.6) is 5.75 Å². The van der Waals surface area contributed by atoms with Gasteiger partial charge in [0.2, 0.25) is 0 Å². The second-order valence-corrected chi connectivity index (χ2v) is 4.48. The third-order valence-corrected chi connectivity index (χ3v) is 2.65. The van der Waals surface area contributed by atoms with E-state index >= 15 is 0 Å². The molecule has 6 heteroatoms. The number of nitrogens with one attached hydrogen (secondary N) is 1. The van der Waals surface area contributed by atoms with Gasteiger partial charge in [-0.2, -0.15) is 0 Å². The van der Waals surface area contributed by atoms with Gasteiger partial charge in [-0.3, -0.25) is 4.79 Å². The molecule has 1 heterocycles. The maximum Gasteiger partial charge on any atom is 0.262 e. The first-order valence-corrected chi connectivity index (χ1v) is 6.22. The number of rotatable bonds is 4. The molecule has 0 aliphatic heterocycles. The summed E-state index contributed by atoms with van der Waals surface area (Å²) >= 11 is 3.20. The number of aromatic nitrogens is 1. The first kappa shape index (κ1) is 13.5. The van der Waals surface area contributed by atoms with Crippen LogP contribution in [0.1, 0.15) is 0 Å². The molecule has 0 bridgehead atoms. The van der Waals surface area contributed by atoms with Gasteiger partial charge >= 0.3 is 0 Å². The fourth-order valence-corrected chi connectivity index (χ4v) is 1.59. The summed E-state index contributed by atoms with van der Waals surface area (Å²) in [5, 5.41) is 2.53. The predicted molar refractivity (Wildman–Crippen MR) is 72.5 cm³/mol. The summed E-state index contributed by atoms with van der Waals surface area (Å²) in [6.07, 6.45) is 1.50. The molecule has 0 spiro atoms. The second-order valence-electron chi connectivity index (χ2n) is 3.66. The highest BCUT2D eigenvalue weighted by Crippen LogP contribution is 2.13. The minimum Gasteiger partial charge on any atom is -0.482 e. The molecular formula is C13H10BrFN2O2. The molecule has 1 aromatic carbocycles. The van der Waals surface area contributed by atoms with Crippen molar-refractivity contribution in [3.8, 4) is 5.75 Å². The van der Waals surface area contributed by atoms with E-state index in [2.05, 4.69) is 26.2 Å². The van der Waals surface area contributed by atoms with Gasteiger partial charge in [-0.15, -0.1) is 0 Å². The Morgan fingerprint density at radius 1 is 1.37 bits per heavy atom. The van der Waals surface area contributed by atoms with E-state index in [-0.39, 0.29) is 12.5 Å². The molecule has 0 saturated carbocycles. The van der Waals surface area contributed by atoms with Crippen LogP contribution in [0.3, 0.4) is 0 Å². The number of anilines is 1.